The smallest absolute Gasteiger partial charge is 0.286 e. The van der Waals surface area contributed by atoms with Crippen molar-refractivity contribution in [2.24, 2.45) is 4.99 Å². The molecule has 148 valence electrons. The molecule has 2 aliphatic heterocycles. The molecule has 0 spiro atoms. The topological polar surface area (TPSA) is 79.0 Å². The molecule has 1 saturated heterocycles. The van der Waals surface area contributed by atoms with E-state index < -0.39 is 10.8 Å². The van der Waals surface area contributed by atoms with Crippen molar-refractivity contribution in [1.82, 2.24) is 4.90 Å². The van der Waals surface area contributed by atoms with Crippen molar-refractivity contribution in [2.45, 2.75) is 0 Å². The third kappa shape index (κ3) is 4.00. The fourth-order valence-electron chi connectivity index (χ4n) is 3.30. The second-order valence-corrected chi connectivity index (χ2v) is 7.56. The third-order valence-electron chi connectivity index (χ3n) is 4.77. The summed E-state index contributed by atoms with van der Waals surface area (Å²) in [6, 6.07) is 12.9. The fraction of sp³-hybridized carbons (Fsp3) is 0.200. The molecule has 0 bridgehead atoms. The molecule has 2 aliphatic rings. The fourth-order valence-corrected chi connectivity index (χ4v) is 4.25. The van der Waals surface area contributed by atoms with E-state index in [0.717, 1.165) is 0 Å². The molecule has 0 atom stereocenters. The Kier molecular flexibility index (Phi) is 5.30. The van der Waals surface area contributed by atoms with E-state index in [9.17, 15) is 19.3 Å². The Balaban J connectivity index is 1.45. The molecule has 7 nitrogen and oxygen atoms in total. The molecule has 2 aromatic rings. The molecule has 9 heteroatoms. The first-order valence-electron chi connectivity index (χ1n) is 9.03. The highest BCUT2D eigenvalue weighted by atomic mass is 32.2. The van der Waals surface area contributed by atoms with E-state index in [1.54, 1.807) is 36.4 Å². The van der Waals surface area contributed by atoms with Gasteiger partial charge in [0.2, 0.25) is 0 Å². The number of para-hydroxylation sites is 2. The minimum atomic E-state index is -0.472. The molecule has 2 heterocycles. The number of carbonyl (C=O) groups excluding carboxylic acids is 1. The van der Waals surface area contributed by atoms with Crippen molar-refractivity contribution in [1.29, 1.82) is 0 Å². The molecule has 0 aliphatic carbocycles. The van der Waals surface area contributed by atoms with Crippen LogP contribution in [0.3, 0.4) is 0 Å². The van der Waals surface area contributed by atoms with Crippen LogP contribution < -0.4 is 4.90 Å². The Bertz CT molecular complexity index is 1030. The van der Waals surface area contributed by atoms with E-state index in [1.165, 1.54) is 30.0 Å². The number of rotatable bonds is 3. The lowest BCUT2D eigenvalue weighted by Gasteiger charge is -2.36. The maximum Gasteiger partial charge on any atom is 0.286 e. The van der Waals surface area contributed by atoms with Crippen molar-refractivity contribution in [3.05, 3.63) is 74.9 Å². The molecular formula is C20H17FN4O3S. The van der Waals surface area contributed by atoms with E-state index in [0.29, 0.717) is 47.5 Å². The van der Waals surface area contributed by atoms with Gasteiger partial charge in [-0.25, -0.2) is 4.39 Å². The van der Waals surface area contributed by atoms with Crippen LogP contribution in [0.5, 0.6) is 0 Å². The van der Waals surface area contributed by atoms with Gasteiger partial charge < -0.3 is 9.80 Å². The summed E-state index contributed by atoms with van der Waals surface area (Å²) in [6.45, 7) is 2.42. The zero-order chi connectivity index (χ0) is 20.4. The van der Waals surface area contributed by atoms with Crippen LogP contribution >= 0.6 is 11.8 Å². The summed E-state index contributed by atoms with van der Waals surface area (Å²) in [5.74, 6) is -0.655. The van der Waals surface area contributed by atoms with Crippen LogP contribution in [-0.2, 0) is 4.79 Å². The van der Waals surface area contributed by atoms with Crippen LogP contribution in [0.15, 0.2) is 58.4 Å². The lowest BCUT2D eigenvalue weighted by molar-refractivity contribution is -0.385. The Morgan fingerprint density at radius 2 is 1.69 bits per heavy atom. The number of amidine groups is 1. The molecule has 0 N–H and O–H groups in total. The predicted molar refractivity (Wildman–Crippen MR) is 111 cm³/mol. The largest absolute Gasteiger partial charge is 0.366 e. The SMILES string of the molecule is O=C1N=C(N2CCN(c3ccccc3F)CC2)S/C1=C\c1ccccc1[N+](=O)[O-]. The molecular weight excluding hydrogens is 395 g/mol. The summed E-state index contributed by atoms with van der Waals surface area (Å²) in [5, 5.41) is 11.8. The van der Waals surface area contributed by atoms with Gasteiger partial charge in [-0.05, 0) is 36.0 Å². The average Bonchev–Trinajstić information content (AvgIpc) is 3.09. The molecule has 29 heavy (non-hydrogen) atoms. The summed E-state index contributed by atoms with van der Waals surface area (Å²) in [6.07, 6.45) is 1.51. The minimum Gasteiger partial charge on any atom is -0.366 e. The number of nitro benzene ring substituents is 1. The molecule has 0 saturated carbocycles. The van der Waals surface area contributed by atoms with Gasteiger partial charge >= 0.3 is 0 Å². The Hall–Kier alpha value is -3.20. The summed E-state index contributed by atoms with van der Waals surface area (Å²) in [7, 11) is 0. The van der Waals surface area contributed by atoms with Gasteiger partial charge in [0.15, 0.2) is 5.17 Å². The zero-order valence-electron chi connectivity index (χ0n) is 15.3. The number of carbonyl (C=O) groups is 1. The molecule has 0 radical (unpaired) electrons. The number of hydrogen-bond acceptors (Lipinski definition) is 6. The summed E-state index contributed by atoms with van der Waals surface area (Å²) in [4.78, 5) is 31.4. The lowest BCUT2D eigenvalue weighted by atomic mass is 10.1. The van der Waals surface area contributed by atoms with E-state index in [1.807, 2.05) is 9.80 Å². The van der Waals surface area contributed by atoms with Gasteiger partial charge in [-0.3, -0.25) is 14.9 Å². The predicted octanol–water partition coefficient (Wildman–Crippen LogP) is 3.53. The van der Waals surface area contributed by atoms with Gasteiger partial charge in [0.05, 0.1) is 21.1 Å². The Morgan fingerprint density at radius 1 is 1.03 bits per heavy atom. The van der Waals surface area contributed by atoms with Crippen LogP contribution in [0.25, 0.3) is 6.08 Å². The zero-order valence-corrected chi connectivity index (χ0v) is 16.1. The second-order valence-electron chi connectivity index (χ2n) is 6.55. The van der Waals surface area contributed by atoms with Gasteiger partial charge in [-0.1, -0.05) is 24.3 Å². The maximum absolute atomic E-state index is 14.0. The van der Waals surface area contributed by atoms with Crippen LogP contribution in [0.2, 0.25) is 0 Å². The van der Waals surface area contributed by atoms with E-state index in [-0.39, 0.29) is 11.5 Å². The third-order valence-corrected chi connectivity index (χ3v) is 5.82. The van der Waals surface area contributed by atoms with Gasteiger partial charge in [-0.2, -0.15) is 4.99 Å². The molecule has 2 aromatic carbocycles. The van der Waals surface area contributed by atoms with Crippen LogP contribution in [0.1, 0.15) is 5.56 Å². The number of anilines is 1. The average molecular weight is 412 g/mol. The first-order chi connectivity index (χ1) is 14.0. The number of hydrogen-bond donors (Lipinski definition) is 0. The minimum absolute atomic E-state index is 0.0552. The first kappa shape index (κ1) is 19.1. The van der Waals surface area contributed by atoms with Gasteiger partial charge in [-0.15, -0.1) is 0 Å². The number of halogens is 1. The van der Waals surface area contributed by atoms with E-state index >= 15 is 0 Å². The van der Waals surface area contributed by atoms with Crippen molar-refractivity contribution in [3.63, 3.8) is 0 Å². The van der Waals surface area contributed by atoms with Gasteiger partial charge in [0.25, 0.3) is 11.6 Å². The standard InChI is InChI=1S/C20H17FN4O3S/c21-15-6-2-4-8-17(15)23-9-11-24(12-10-23)20-22-19(26)18(29-20)13-14-5-1-3-7-16(14)25(27)28/h1-8,13H,9-12H2/b18-13-. The van der Waals surface area contributed by atoms with Crippen LogP contribution in [0, 0.1) is 15.9 Å². The first-order valence-corrected chi connectivity index (χ1v) is 9.85. The Labute approximate surface area is 170 Å². The molecule has 4 rings (SSSR count). The number of nitrogens with zero attached hydrogens (tertiary/aromatic N) is 4. The number of piperazine rings is 1. The maximum atomic E-state index is 14.0. The number of benzene rings is 2. The monoisotopic (exact) mass is 412 g/mol. The summed E-state index contributed by atoms with van der Waals surface area (Å²) in [5.41, 5.74) is 0.885. The normalized spacial score (nSPS) is 18.3. The Morgan fingerprint density at radius 3 is 2.41 bits per heavy atom. The molecule has 0 aromatic heterocycles. The number of aliphatic imine (C=N–C) groups is 1. The van der Waals surface area contributed by atoms with Crippen molar-refractivity contribution < 1.29 is 14.1 Å². The highest BCUT2D eigenvalue weighted by Crippen LogP contribution is 2.33. The van der Waals surface area contributed by atoms with E-state index in [2.05, 4.69) is 4.99 Å². The summed E-state index contributed by atoms with van der Waals surface area (Å²) >= 11 is 1.21. The van der Waals surface area contributed by atoms with Gasteiger partial charge in [0, 0.05) is 32.2 Å². The molecule has 0 unspecified atom stereocenters. The van der Waals surface area contributed by atoms with Crippen LogP contribution in [-0.4, -0.2) is 47.1 Å². The number of nitro groups is 1. The second kappa shape index (κ2) is 8.04. The number of thioether (sulfide) groups is 1. The lowest BCUT2D eigenvalue weighted by Crippen LogP contribution is -2.48. The quantitative estimate of drug-likeness (QED) is 0.436. The summed E-state index contributed by atoms with van der Waals surface area (Å²) < 4.78 is 14.0. The number of amides is 1. The van der Waals surface area contributed by atoms with Crippen molar-refractivity contribution in [3.8, 4) is 0 Å². The van der Waals surface area contributed by atoms with Crippen molar-refractivity contribution in [2.75, 3.05) is 31.1 Å². The molecule has 1 fully saturated rings. The van der Waals surface area contributed by atoms with Crippen molar-refractivity contribution >= 4 is 40.3 Å². The highest BCUT2D eigenvalue weighted by molar-refractivity contribution is 8.18. The highest BCUT2D eigenvalue weighted by Gasteiger charge is 2.29. The molecule has 1 amide bonds. The van der Waals surface area contributed by atoms with E-state index in [4.69, 9.17) is 0 Å². The van der Waals surface area contributed by atoms with Crippen LogP contribution in [0.4, 0.5) is 15.8 Å². The van der Waals surface area contributed by atoms with Gasteiger partial charge in [0.1, 0.15) is 5.82 Å².